The van der Waals surface area contributed by atoms with E-state index in [1.807, 2.05) is 4.90 Å². The van der Waals surface area contributed by atoms with E-state index < -0.39 is 0 Å². The molecule has 2 saturated heterocycles. The molecule has 2 rings (SSSR count). The number of nitrogens with zero attached hydrogens (tertiary/aromatic N) is 2. The number of ether oxygens (including phenoxy) is 1. The molecular formula is C14H27N3O2. The Hall–Kier alpha value is -0.810. The fraction of sp³-hybridized carbons (Fsp3) is 0.929. The zero-order valence-corrected chi connectivity index (χ0v) is 12.2. The number of carbonyl (C=O) groups is 1. The van der Waals surface area contributed by atoms with Gasteiger partial charge in [0.15, 0.2) is 0 Å². The van der Waals surface area contributed by atoms with Crippen molar-refractivity contribution in [2.75, 3.05) is 45.9 Å². The van der Waals surface area contributed by atoms with E-state index in [0.717, 1.165) is 58.8 Å². The molecule has 0 spiro atoms. The van der Waals surface area contributed by atoms with Crippen LogP contribution in [-0.2, 0) is 4.74 Å². The second kappa shape index (κ2) is 7.10. The number of hydrogen-bond donors (Lipinski definition) is 1. The molecule has 0 bridgehead atoms. The average molecular weight is 269 g/mol. The second-order valence-corrected chi connectivity index (χ2v) is 5.84. The highest BCUT2D eigenvalue weighted by Gasteiger charge is 2.25. The number of carbonyl (C=O) groups excluding carboxylic acids is 1. The Kier molecular flexibility index (Phi) is 5.45. The maximum atomic E-state index is 12.0. The smallest absolute Gasteiger partial charge is 0.317 e. The molecule has 0 aromatic rings. The lowest BCUT2D eigenvalue weighted by Gasteiger charge is -2.37. The monoisotopic (exact) mass is 269 g/mol. The number of likely N-dealkylation sites (tertiary alicyclic amines) is 1. The summed E-state index contributed by atoms with van der Waals surface area (Å²) in [5, 5.41) is 3.11. The van der Waals surface area contributed by atoms with Gasteiger partial charge in [-0.15, -0.1) is 0 Å². The Labute approximate surface area is 116 Å². The Morgan fingerprint density at radius 3 is 2.37 bits per heavy atom. The topological polar surface area (TPSA) is 44.8 Å². The summed E-state index contributed by atoms with van der Waals surface area (Å²) < 4.78 is 5.40. The minimum atomic E-state index is 0.108. The van der Waals surface area contributed by atoms with Crippen LogP contribution in [0.4, 0.5) is 4.79 Å². The van der Waals surface area contributed by atoms with E-state index in [0.29, 0.717) is 12.0 Å². The van der Waals surface area contributed by atoms with Crippen molar-refractivity contribution in [1.29, 1.82) is 0 Å². The largest absolute Gasteiger partial charge is 0.379 e. The van der Waals surface area contributed by atoms with Crippen LogP contribution in [0.2, 0.25) is 0 Å². The molecule has 19 heavy (non-hydrogen) atoms. The average Bonchev–Trinajstić information content (AvgIpc) is 2.93. The third-order valence-electron chi connectivity index (χ3n) is 4.14. The molecule has 2 aliphatic rings. The SMILES string of the molecule is CC(C)C(CNC(=O)N1CCCC1)N1CCOCC1. The van der Waals surface area contributed by atoms with Gasteiger partial charge in [-0.2, -0.15) is 0 Å². The summed E-state index contributed by atoms with van der Waals surface area (Å²) in [7, 11) is 0. The van der Waals surface area contributed by atoms with Gasteiger partial charge >= 0.3 is 6.03 Å². The lowest BCUT2D eigenvalue weighted by molar-refractivity contribution is 0.00698. The predicted octanol–water partition coefficient (Wildman–Crippen LogP) is 1.15. The molecule has 1 N–H and O–H groups in total. The third kappa shape index (κ3) is 4.08. The maximum Gasteiger partial charge on any atom is 0.317 e. The van der Waals surface area contributed by atoms with Gasteiger partial charge in [-0.05, 0) is 18.8 Å². The van der Waals surface area contributed by atoms with Crippen molar-refractivity contribution in [3.8, 4) is 0 Å². The first kappa shape index (κ1) is 14.6. The molecule has 2 aliphatic heterocycles. The standard InChI is InChI=1S/C14H27N3O2/c1-12(2)13(16-7-9-19-10-8-16)11-15-14(18)17-5-3-4-6-17/h12-13H,3-11H2,1-2H3,(H,15,18). The summed E-state index contributed by atoms with van der Waals surface area (Å²) in [5.74, 6) is 0.539. The van der Waals surface area contributed by atoms with E-state index in [9.17, 15) is 4.79 Å². The molecule has 2 fully saturated rings. The summed E-state index contributed by atoms with van der Waals surface area (Å²) in [6.45, 7) is 10.6. The Balaban J connectivity index is 1.80. The first-order valence-corrected chi connectivity index (χ1v) is 7.53. The van der Waals surface area contributed by atoms with Gasteiger partial charge in [0.05, 0.1) is 13.2 Å². The minimum absolute atomic E-state index is 0.108. The fourth-order valence-corrected chi connectivity index (χ4v) is 2.92. The van der Waals surface area contributed by atoms with Crippen molar-refractivity contribution in [2.24, 2.45) is 5.92 Å². The van der Waals surface area contributed by atoms with Gasteiger partial charge in [0.2, 0.25) is 0 Å². The summed E-state index contributed by atoms with van der Waals surface area (Å²) in [6.07, 6.45) is 2.29. The van der Waals surface area contributed by atoms with E-state index in [1.54, 1.807) is 0 Å². The molecule has 110 valence electrons. The number of morpholine rings is 1. The molecule has 1 atom stereocenters. The molecule has 0 radical (unpaired) electrons. The van der Waals surface area contributed by atoms with Crippen molar-refractivity contribution in [3.05, 3.63) is 0 Å². The molecule has 2 heterocycles. The number of urea groups is 1. The van der Waals surface area contributed by atoms with Crippen molar-refractivity contribution < 1.29 is 9.53 Å². The van der Waals surface area contributed by atoms with Gasteiger partial charge in [-0.3, -0.25) is 4.90 Å². The highest BCUT2D eigenvalue weighted by molar-refractivity contribution is 5.74. The highest BCUT2D eigenvalue weighted by Crippen LogP contribution is 2.13. The molecule has 0 aromatic carbocycles. The fourth-order valence-electron chi connectivity index (χ4n) is 2.92. The molecule has 0 saturated carbocycles. The lowest BCUT2D eigenvalue weighted by atomic mass is 10.0. The van der Waals surface area contributed by atoms with Gasteiger partial charge in [0, 0.05) is 38.8 Å². The number of rotatable bonds is 4. The maximum absolute atomic E-state index is 12.0. The second-order valence-electron chi connectivity index (χ2n) is 5.84. The molecule has 5 nitrogen and oxygen atoms in total. The van der Waals surface area contributed by atoms with Crippen LogP contribution < -0.4 is 5.32 Å². The van der Waals surface area contributed by atoms with E-state index in [-0.39, 0.29) is 6.03 Å². The molecule has 2 amide bonds. The zero-order valence-electron chi connectivity index (χ0n) is 12.2. The molecule has 0 aromatic heterocycles. The first-order valence-electron chi connectivity index (χ1n) is 7.53. The van der Waals surface area contributed by atoms with Crippen LogP contribution >= 0.6 is 0 Å². The summed E-state index contributed by atoms with van der Waals surface area (Å²) in [6, 6.07) is 0.520. The Morgan fingerprint density at radius 1 is 1.16 bits per heavy atom. The first-order chi connectivity index (χ1) is 9.18. The van der Waals surface area contributed by atoms with Crippen LogP contribution in [0.25, 0.3) is 0 Å². The van der Waals surface area contributed by atoms with Crippen LogP contribution in [0, 0.1) is 5.92 Å². The van der Waals surface area contributed by atoms with Gasteiger partial charge in [-0.1, -0.05) is 13.8 Å². The number of amides is 2. The molecule has 1 unspecified atom stereocenters. The van der Waals surface area contributed by atoms with Crippen LogP contribution in [0.15, 0.2) is 0 Å². The highest BCUT2D eigenvalue weighted by atomic mass is 16.5. The van der Waals surface area contributed by atoms with Gasteiger partial charge in [-0.25, -0.2) is 4.79 Å². The Bertz CT molecular complexity index is 284. The quantitative estimate of drug-likeness (QED) is 0.832. The van der Waals surface area contributed by atoms with Gasteiger partial charge in [0.1, 0.15) is 0 Å². The minimum Gasteiger partial charge on any atom is -0.379 e. The summed E-state index contributed by atoms with van der Waals surface area (Å²) >= 11 is 0. The van der Waals surface area contributed by atoms with E-state index in [1.165, 1.54) is 0 Å². The van der Waals surface area contributed by atoms with E-state index >= 15 is 0 Å². The summed E-state index contributed by atoms with van der Waals surface area (Å²) in [4.78, 5) is 16.4. The van der Waals surface area contributed by atoms with Crippen molar-refractivity contribution >= 4 is 6.03 Å². The summed E-state index contributed by atoms with van der Waals surface area (Å²) in [5.41, 5.74) is 0. The van der Waals surface area contributed by atoms with Crippen molar-refractivity contribution in [2.45, 2.75) is 32.7 Å². The number of hydrogen-bond acceptors (Lipinski definition) is 3. The van der Waals surface area contributed by atoms with Crippen LogP contribution in [0.5, 0.6) is 0 Å². The molecule has 5 heteroatoms. The van der Waals surface area contributed by atoms with Crippen molar-refractivity contribution in [1.82, 2.24) is 15.1 Å². The normalized spacial score (nSPS) is 22.8. The van der Waals surface area contributed by atoms with Gasteiger partial charge < -0.3 is 15.0 Å². The zero-order chi connectivity index (χ0) is 13.7. The van der Waals surface area contributed by atoms with Crippen LogP contribution in [0.3, 0.4) is 0 Å². The third-order valence-corrected chi connectivity index (χ3v) is 4.14. The molecular weight excluding hydrogens is 242 g/mol. The number of nitrogens with one attached hydrogen (secondary N) is 1. The lowest BCUT2D eigenvalue weighted by Crippen LogP contribution is -2.52. The predicted molar refractivity (Wildman–Crippen MR) is 75.2 cm³/mol. The van der Waals surface area contributed by atoms with E-state index in [4.69, 9.17) is 4.74 Å². The van der Waals surface area contributed by atoms with Crippen molar-refractivity contribution in [3.63, 3.8) is 0 Å². The van der Waals surface area contributed by atoms with E-state index in [2.05, 4.69) is 24.1 Å². The Morgan fingerprint density at radius 2 is 1.79 bits per heavy atom. The molecule has 0 aliphatic carbocycles. The van der Waals surface area contributed by atoms with Gasteiger partial charge in [0.25, 0.3) is 0 Å². The van der Waals surface area contributed by atoms with Crippen LogP contribution in [-0.4, -0.2) is 67.8 Å². The van der Waals surface area contributed by atoms with Crippen LogP contribution in [0.1, 0.15) is 26.7 Å².